The van der Waals surface area contributed by atoms with Gasteiger partial charge >= 0.3 is 0 Å². The predicted octanol–water partition coefficient (Wildman–Crippen LogP) is 2.27. The van der Waals surface area contributed by atoms with Crippen molar-refractivity contribution in [3.05, 3.63) is 31.9 Å². The van der Waals surface area contributed by atoms with Gasteiger partial charge < -0.3 is 5.73 Å². The van der Waals surface area contributed by atoms with Crippen LogP contribution in [0.2, 0.25) is 5.02 Å². The van der Waals surface area contributed by atoms with Crippen molar-refractivity contribution in [3.63, 3.8) is 0 Å². The fraction of sp³-hybridized carbons (Fsp3) is 0.125. The van der Waals surface area contributed by atoms with Gasteiger partial charge in [0.2, 0.25) is 0 Å². The average molecular weight is 293 g/mol. The highest BCUT2D eigenvalue weighted by Crippen LogP contribution is 2.23. The third-order valence-electron chi connectivity index (χ3n) is 1.52. The van der Waals surface area contributed by atoms with E-state index in [4.69, 9.17) is 22.6 Å². The second-order valence-corrected chi connectivity index (χ2v) is 3.77. The standard InChI is InChI=1S/C8H6ClIN2/c9-7-1-2-8(10)6(4-12)5(7)3-11/h1-2H,4,12H2. The van der Waals surface area contributed by atoms with Crippen molar-refractivity contribution in [1.82, 2.24) is 0 Å². The maximum Gasteiger partial charge on any atom is 0.101 e. The van der Waals surface area contributed by atoms with Crippen LogP contribution in [0.3, 0.4) is 0 Å². The van der Waals surface area contributed by atoms with Crippen molar-refractivity contribution < 1.29 is 0 Å². The smallest absolute Gasteiger partial charge is 0.101 e. The zero-order chi connectivity index (χ0) is 9.14. The van der Waals surface area contributed by atoms with Gasteiger partial charge in [0, 0.05) is 10.1 Å². The summed E-state index contributed by atoms with van der Waals surface area (Å²) in [5.41, 5.74) is 6.80. The normalized spacial score (nSPS) is 9.50. The zero-order valence-electron chi connectivity index (χ0n) is 6.14. The number of halogens is 2. The Balaban J connectivity index is 3.41. The summed E-state index contributed by atoms with van der Waals surface area (Å²) in [7, 11) is 0. The molecule has 4 heteroatoms. The molecule has 0 atom stereocenters. The van der Waals surface area contributed by atoms with Gasteiger partial charge in [-0.25, -0.2) is 0 Å². The van der Waals surface area contributed by atoms with Crippen LogP contribution < -0.4 is 5.73 Å². The van der Waals surface area contributed by atoms with E-state index < -0.39 is 0 Å². The minimum atomic E-state index is 0.349. The predicted molar refractivity (Wildman–Crippen MR) is 56.8 cm³/mol. The first kappa shape index (κ1) is 9.78. The van der Waals surface area contributed by atoms with E-state index in [-0.39, 0.29) is 0 Å². The Morgan fingerprint density at radius 2 is 2.25 bits per heavy atom. The van der Waals surface area contributed by atoms with Crippen molar-refractivity contribution in [3.8, 4) is 6.07 Å². The van der Waals surface area contributed by atoms with Crippen LogP contribution in [0.15, 0.2) is 12.1 Å². The Bertz CT molecular complexity index is 344. The van der Waals surface area contributed by atoms with Crippen LogP contribution in [0, 0.1) is 14.9 Å². The van der Waals surface area contributed by atoms with Gasteiger partial charge in [0.05, 0.1) is 10.6 Å². The SMILES string of the molecule is N#Cc1c(Cl)ccc(I)c1CN. The zero-order valence-corrected chi connectivity index (χ0v) is 9.06. The summed E-state index contributed by atoms with van der Waals surface area (Å²) >= 11 is 7.94. The maximum atomic E-state index is 8.76. The number of hydrogen-bond acceptors (Lipinski definition) is 2. The van der Waals surface area contributed by atoms with E-state index in [2.05, 4.69) is 22.6 Å². The Labute approximate surface area is 89.5 Å². The number of hydrogen-bond donors (Lipinski definition) is 1. The second kappa shape index (κ2) is 4.08. The monoisotopic (exact) mass is 292 g/mol. The lowest BCUT2D eigenvalue weighted by Crippen LogP contribution is -2.02. The summed E-state index contributed by atoms with van der Waals surface area (Å²) < 4.78 is 0.982. The summed E-state index contributed by atoms with van der Waals surface area (Å²) in [6.07, 6.45) is 0. The molecule has 12 heavy (non-hydrogen) atoms. The Morgan fingerprint density at radius 1 is 1.58 bits per heavy atom. The van der Waals surface area contributed by atoms with Gasteiger partial charge in [-0.05, 0) is 40.3 Å². The van der Waals surface area contributed by atoms with E-state index in [0.717, 1.165) is 9.13 Å². The fourth-order valence-electron chi connectivity index (χ4n) is 0.914. The van der Waals surface area contributed by atoms with Gasteiger partial charge in [-0.1, -0.05) is 11.6 Å². The van der Waals surface area contributed by atoms with Gasteiger partial charge in [0.25, 0.3) is 0 Å². The molecule has 0 aliphatic carbocycles. The topological polar surface area (TPSA) is 49.8 Å². The molecule has 1 rings (SSSR count). The fourth-order valence-corrected chi connectivity index (χ4v) is 1.80. The minimum absolute atomic E-state index is 0.349. The highest BCUT2D eigenvalue weighted by Gasteiger charge is 2.08. The lowest BCUT2D eigenvalue weighted by Gasteiger charge is -2.04. The number of rotatable bonds is 1. The average Bonchev–Trinajstić information content (AvgIpc) is 2.08. The molecule has 0 heterocycles. The molecule has 0 fully saturated rings. The molecule has 0 saturated heterocycles. The molecule has 2 N–H and O–H groups in total. The van der Waals surface area contributed by atoms with Crippen molar-refractivity contribution in [2.45, 2.75) is 6.54 Å². The van der Waals surface area contributed by atoms with Crippen molar-refractivity contribution >= 4 is 34.2 Å². The molecule has 0 amide bonds. The summed E-state index contributed by atoms with van der Waals surface area (Å²) in [6, 6.07) is 5.60. The molecule has 62 valence electrons. The van der Waals surface area contributed by atoms with Crippen LogP contribution in [0.4, 0.5) is 0 Å². The molecule has 1 aromatic rings. The molecule has 0 aromatic heterocycles. The van der Waals surface area contributed by atoms with Gasteiger partial charge in [0.15, 0.2) is 0 Å². The Hall–Kier alpha value is -0.310. The minimum Gasteiger partial charge on any atom is -0.326 e. The van der Waals surface area contributed by atoms with Gasteiger partial charge in [-0.15, -0.1) is 0 Å². The van der Waals surface area contributed by atoms with E-state index in [9.17, 15) is 0 Å². The largest absolute Gasteiger partial charge is 0.326 e. The highest BCUT2D eigenvalue weighted by atomic mass is 127. The first-order valence-electron chi connectivity index (χ1n) is 3.27. The molecular formula is C8H6ClIN2. The van der Waals surface area contributed by atoms with E-state index in [1.54, 1.807) is 6.07 Å². The lowest BCUT2D eigenvalue weighted by molar-refractivity contribution is 1.05. The summed E-state index contributed by atoms with van der Waals surface area (Å²) in [5.74, 6) is 0. The third kappa shape index (κ3) is 1.71. The van der Waals surface area contributed by atoms with E-state index in [0.29, 0.717) is 17.1 Å². The molecule has 0 unspecified atom stereocenters. The lowest BCUT2D eigenvalue weighted by atomic mass is 10.1. The van der Waals surface area contributed by atoms with E-state index in [1.165, 1.54) is 0 Å². The molecule has 0 saturated carbocycles. The quantitative estimate of drug-likeness (QED) is 0.807. The van der Waals surface area contributed by atoms with Crippen LogP contribution in [0.25, 0.3) is 0 Å². The Morgan fingerprint density at radius 3 is 2.67 bits per heavy atom. The van der Waals surface area contributed by atoms with Crippen LogP contribution in [-0.2, 0) is 6.54 Å². The van der Waals surface area contributed by atoms with Gasteiger partial charge in [-0.2, -0.15) is 5.26 Å². The van der Waals surface area contributed by atoms with Crippen molar-refractivity contribution in [1.29, 1.82) is 5.26 Å². The molecule has 0 radical (unpaired) electrons. The first-order valence-corrected chi connectivity index (χ1v) is 4.73. The number of nitrogens with two attached hydrogens (primary N) is 1. The molecular weight excluding hydrogens is 286 g/mol. The van der Waals surface area contributed by atoms with Gasteiger partial charge in [-0.3, -0.25) is 0 Å². The van der Waals surface area contributed by atoms with Crippen LogP contribution in [0.5, 0.6) is 0 Å². The molecule has 1 aromatic carbocycles. The van der Waals surface area contributed by atoms with Crippen molar-refractivity contribution in [2.75, 3.05) is 0 Å². The molecule has 0 aliphatic heterocycles. The third-order valence-corrected chi connectivity index (χ3v) is 2.85. The summed E-state index contributed by atoms with van der Waals surface area (Å²) in [5, 5.41) is 9.23. The number of nitrogens with zero attached hydrogens (tertiary/aromatic N) is 1. The highest BCUT2D eigenvalue weighted by molar-refractivity contribution is 14.1. The number of nitriles is 1. The van der Waals surface area contributed by atoms with Crippen LogP contribution in [0.1, 0.15) is 11.1 Å². The summed E-state index contributed by atoms with van der Waals surface area (Å²) in [4.78, 5) is 0. The van der Waals surface area contributed by atoms with Gasteiger partial charge in [0.1, 0.15) is 6.07 Å². The summed E-state index contributed by atoms with van der Waals surface area (Å²) in [6.45, 7) is 0.349. The van der Waals surface area contributed by atoms with E-state index >= 15 is 0 Å². The second-order valence-electron chi connectivity index (χ2n) is 2.20. The molecule has 0 spiro atoms. The Kier molecular flexibility index (Phi) is 3.32. The maximum absolute atomic E-state index is 8.76. The van der Waals surface area contributed by atoms with Crippen molar-refractivity contribution in [2.24, 2.45) is 5.73 Å². The molecule has 0 aliphatic rings. The molecule has 2 nitrogen and oxygen atoms in total. The number of benzene rings is 1. The van der Waals surface area contributed by atoms with Crippen LogP contribution >= 0.6 is 34.2 Å². The first-order chi connectivity index (χ1) is 5.70. The van der Waals surface area contributed by atoms with Crippen LogP contribution in [-0.4, -0.2) is 0 Å². The molecule has 0 bridgehead atoms. The van der Waals surface area contributed by atoms with E-state index in [1.807, 2.05) is 12.1 Å².